The normalized spacial score (nSPS) is 12.0. The topological polar surface area (TPSA) is 99.2 Å². The van der Waals surface area contributed by atoms with Crippen LogP contribution < -0.4 is 0 Å². The van der Waals surface area contributed by atoms with E-state index >= 15 is 0 Å². The molecule has 0 unspecified atom stereocenters. The molecule has 0 spiro atoms. The zero-order chi connectivity index (χ0) is 15.5. The van der Waals surface area contributed by atoms with Crippen LogP contribution in [0, 0.1) is 6.92 Å². The standard InChI is InChI=1S/C13H18N4O3S/c1-3-17(8-11-4-6-14-7-5-11)21(19,20)13-12(9-18)10(2)15-16-13/h4-7,18H,3,8-9H2,1-2H3,(H,15,16). The van der Waals surface area contributed by atoms with Crippen molar-refractivity contribution in [2.45, 2.75) is 32.0 Å². The third kappa shape index (κ3) is 3.12. The van der Waals surface area contributed by atoms with E-state index in [1.165, 1.54) is 4.31 Å². The van der Waals surface area contributed by atoms with E-state index < -0.39 is 10.0 Å². The first kappa shape index (κ1) is 15.6. The fourth-order valence-electron chi connectivity index (χ4n) is 2.01. The van der Waals surface area contributed by atoms with E-state index in [1.54, 1.807) is 38.4 Å². The Morgan fingerprint density at radius 1 is 1.33 bits per heavy atom. The van der Waals surface area contributed by atoms with Gasteiger partial charge in [0.05, 0.1) is 6.61 Å². The molecule has 2 aromatic heterocycles. The predicted molar refractivity (Wildman–Crippen MR) is 76.8 cm³/mol. The summed E-state index contributed by atoms with van der Waals surface area (Å²) in [6.45, 7) is 3.61. The van der Waals surface area contributed by atoms with Crippen LogP contribution in [0.25, 0.3) is 0 Å². The third-order valence-electron chi connectivity index (χ3n) is 3.24. The molecule has 2 aromatic rings. The molecule has 114 valence electrons. The molecule has 7 nitrogen and oxygen atoms in total. The first-order chi connectivity index (χ1) is 10.0. The van der Waals surface area contributed by atoms with E-state index in [4.69, 9.17) is 0 Å². The van der Waals surface area contributed by atoms with Gasteiger partial charge in [-0.05, 0) is 24.6 Å². The molecule has 0 aliphatic rings. The fraction of sp³-hybridized carbons (Fsp3) is 0.385. The fourth-order valence-corrected chi connectivity index (χ4v) is 3.60. The minimum Gasteiger partial charge on any atom is -0.392 e. The number of hydrogen-bond donors (Lipinski definition) is 2. The highest BCUT2D eigenvalue weighted by Gasteiger charge is 2.29. The monoisotopic (exact) mass is 310 g/mol. The Labute approximate surface area is 123 Å². The number of sulfonamides is 1. The quantitative estimate of drug-likeness (QED) is 0.823. The molecule has 0 bridgehead atoms. The average molecular weight is 310 g/mol. The highest BCUT2D eigenvalue weighted by molar-refractivity contribution is 7.89. The van der Waals surface area contributed by atoms with Crippen LogP contribution in [-0.2, 0) is 23.2 Å². The highest BCUT2D eigenvalue weighted by atomic mass is 32.2. The van der Waals surface area contributed by atoms with E-state index in [1.807, 2.05) is 0 Å². The third-order valence-corrected chi connectivity index (χ3v) is 5.13. The zero-order valence-corrected chi connectivity index (χ0v) is 12.8. The number of nitrogens with one attached hydrogen (secondary N) is 1. The van der Waals surface area contributed by atoms with Crippen LogP contribution in [0.2, 0.25) is 0 Å². The summed E-state index contributed by atoms with van der Waals surface area (Å²) >= 11 is 0. The van der Waals surface area contributed by atoms with Crippen molar-refractivity contribution in [3.8, 4) is 0 Å². The van der Waals surface area contributed by atoms with Crippen molar-refractivity contribution >= 4 is 10.0 Å². The summed E-state index contributed by atoms with van der Waals surface area (Å²) in [4.78, 5) is 3.91. The zero-order valence-electron chi connectivity index (χ0n) is 11.9. The van der Waals surface area contributed by atoms with Gasteiger partial charge in [-0.25, -0.2) is 8.42 Å². The maximum Gasteiger partial charge on any atom is 0.263 e. The van der Waals surface area contributed by atoms with Crippen LogP contribution in [0.3, 0.4) is 0 Å². The maximum absolute atomic E-state index is 12.7. The number of rotatable bonds is 6. The number of aryl methyl sites for hydroxylation is 1. The molecule has 2 heterocycles. The summed E-state index contributed by atoms with van der Waals surface area (Å²) in [5.74, 6) is 0. The number of aliphatic hydroxyl groups excluding tert-OH is 1. The first-order valence-corrected chi connectivity index (χ1v) is 7.98. The van der Waals surface area contributed by atoms with Gasteiger partial charge in [-0.15, -0.1) is 0 Å². The van der Waals surface area contributed by atoms with E-state index in [-0.39, 0.29) is 18.2 Å². The summed E-state index contributed by atoms with van der Waals surface area (Å²) < 4.78 is 26.7. The Hall–Kier alpha value is -1.77. The lowest BCUT2D eigenvalue weighted by molar-refractivity contribution is 0.277. The Morgan fingerprint density at radius 2 is 2.00 bits per heavy atom. The molecule has 0 aliphatic heterocycles. The van der Waals surface area contributed by atoms with Gasteiger partial charge in [-0.1, -0.05) is 6.92 Å². The Morgan fingerprint density at radius 3 is 2.57 bits per heavy atom. The molecule has 0 radical (unpaired) electrons. The molecule has 0 amide bonds. The highest BCUT2D eigenvalue weighted by Crippen LogP contribution is 2.21. The Balaban J connectivity index is 2.36. The molecular weight excluding hydrogens is 292 g/mol. The Kier molecular flexibility index (Phi) is 4.71. The van der Waals surface area contributed by atoms with Crippen molar-refractivity contribution in [1.82, 2.24) is 19.5 Å². The lowest BCUT2D eigenvalue weighted by Gasteiger charge is -2.19. The van der Waals surface area contributed by atoms with Gasteiger partial charge in [0.25, 0.3) is 10.0 Å². The van der Waals surface area contributed by atoms with E-state index in [0.29, 0.717) is 17.8 Å². The van der Waals surface area contributed by atoms with Crippen LogP contribution in [0.1, 0.15) is 23.7 Å². The van der Waals surface area contributed by atoms with Gasteiger partial charge < -0.3 is 5.11 Å². The van der Waals surface area contributed by atoms with Crippen molar-refractivity contribution in [3.63, 3.8) is 0 Å². The number of aromatic nitrogens is 3. The van der Waals surface area contributed by atoms with Crippen molar-refractivity contribution in [1.29, 1.82) is 0 Å². The SMILES string of the molecule is CCN(Cc1ccncc1)S(=O)(=O)c1n[nH]c(C)c1CO. The van der Waals surface area contributed by atoms with Crippen molar-refractivity contribution in [2.75, 3.05) is 6.54 Å². The summed E-state index contributed by atoms with van der Waals surface area (Å²) in [5, 5.41) is 15.7. The second kappa shape index (κ2) is 6.33. The number of nitrogens with zero attached hydrogens (tertiary/aromatic N) is 3. The van der Waals surface area contributed by atoms with Gasteiger partial charge in [-0.3, -0.25) is 10.1 Å². The molecule has 2 N–H and O–H groups in total. The minimum atomic E-state index is -3.76. The molecule has 0 aromatic carbocycles. The van der Waals surface area contributed by atoms with Crippen molar-refractivity contribution < 1.29 is 13.5 Å². The number of aliphatic hydroxyl groups is 1. The molecule has 0 atom stereocenters. The number of pyridine rings is 1. The molecule has 8 heteroatoms. The van der Waals surface area contributed by atoms with Crippen LogP contribution in [0.5, 0.6) is 0 Å². The lowest BCUT2D eigenvalue weighted by atomic mass is 10.3. The molecule has 21 heavy (non-hydrogen) atoms. The van der Waals surface area contributed by atoms with Gasteiger partial charge in [0, 0.05) is 36.7 Å². The summed E-state index contributed by atoms with van der Waals surface area (Å²) in [5.41, 5.74) is 1.70. The van der Waals surface area contributed by atoms with Gasteiger partial charge in [0.1, 0.15) is 0 Å². The van der Waals surface area contributed by atoms with Gasteiger partial charge in [0.2, 0.25) is 0 Å². The van der Waals surface area contributed by atoms with E-state index in [2.05, 4.69) is 15.2 Å². The summed E-state index contributed by atoms with van der Waals surface area (Å²) in [6, 6.07) is 3.53. The van der Waals surface area contributed by atoms with Gasteiger partial charge in [-0.2, -0.15) is 9.40 Å². The van der Waals surface area contributed by atoms with Crippen molar-refractivity contribution in [2.24, 2.45) is 0 Å². The van der Waals surface area contributed by atoms with Crippen LogP contribution in [0.15, 0.2) is 29.6 Å². The smallest absolute Gasteiger partial charge is 0.263 e. The predicted octanol–water partition coefficient (Wildman–Crippen LogP) is 0.816. The largest absolute Gasteiger partial charge is 0.392 e. The number of H-pyrrole nitrogens is 1. The Bertz CT molecular complexity index is 697. The summed E-state index contributed by atoms with van der Waals surface area (Å²) in [6.07, 6.45) is 3.24. The van der Waals surface area contributed by atoms with Crippen LogP contribution >= 0.6 is 0 Å². The molecule has 0 saturated carbocycles. The second-order valence-corrected chi connectivity index (χ2v) is 6.43. The average Bonchev–Trinajstić information content (AvgIpc) is 2.87. The second-order valence-electron chi connectivity index (χ2n) is 4.58. The minimum absolute atomic E-state index is 0.113. The summed E-state index contributed by atoms with van der Waals surface area (Å²) in [7, 11) is -3.76. The maximum atomic E-state index is 12.7. The van der Waals surface area contributed by atoms with Crippen LogP contribution in [-0.4, -0.2) is 39.6 Å². The number of hydrogen-bond acceptors (Lipinski definition) is 5. The molecule has 0 fully saturated rings. The van der Waals surface area contributed by atoms with Crippen LogP contribution in [0.4, 0.5) is 0 Å². The van der Waals surface area contributed by atoms with Gasteiger partial charge >= 0.3 is 0 Å². The van der Waals surface area contributed by atoms with E-state index in [9.17, 15) is 13.5 Å². The number of aromatic amines is 1. The van der Waals surface area contributed by atoms with Gasteiger partial charge in [0.15, 0.2) is 5.03 Å². The molecular formula is C13H18N4O3S. The molecule has 2 rings (SSSR count). The lowest BCUT2D eigenvalue weighted by Crippen LogP contribution is -2.31. The first-order valence-electron chi connectivity index (χ1n) is 6.54. The molecule has 0 aliphatic carbocycles. The van der Waals surface area contributed by atoms with E-state index in [0.717, 1.165) is 5.56 Å². The van der Waals surface area contributed by atoms with Crippen molar-refractivity contribution in [3.05, 3.63) is 41.3 Å². The molecule has 0 saturated heterocycles.